The van der Waals surface area contributed by atoms with Crippen molar-refractivity contribution in [3.8, 4) is 0 Å². The summed E-state index contributed by atoms with van der Waals surface area (Å²) in [5, 5.41) is 16.2. The Morgan fingerprint density at radius 2 is 2.00 bits per heavy atom. The second-order valence-corrected chi connectivity index (χ2v) is 8.59. The second kappa shape index (κ2) is 10.9. The van der Waals surface area contributed by atoms with E-state index in [9.17, 15) is 14.0 Å². The zero-order chi connectivity index (χ0) is 23.1. The van der Waals surface area contributed by atoms with E-state index in [0.717, 1.165) is 25.7 Å². The minimum atomic E-state index is -1.20. The highest BCUT2D eigenvalue weighted by Gasteiger charge is 2.26. The summed E-state index contributed by atoms with van der Waals surface area (Å²) in [6, 6.07) is 0. The van der Waals surface area contributed by atoms with Gasteiger partial charge in [0.05, 0.1) is 18.2 Å². The Balaban J connectivity index is 1.63. The summed E-state index contributed by atoms with van der Waals surface area (Å²) in [4.78, 5) is 35.7. The van der Waals surface area contributed by atoms with Crippen LogP contribution in [-0.4, -0.2) is 38.6 Å². The first-order chi connectivity index (χ1) is 15.3. The number of hydrogen-bond acceptors (Lipinski definition) is 9. The van der Waals surface area contributed by atoms with Crippen LogP contribution in [0.3, 0.4) is 0 Å². The number of thiazole rings is 1. The average Bonchev–Trinajstić information content (AvgIpc) is 3.41. The summed E-state index contributed by atoms with van der Waals surface area (Å²) in [6.07, 6.45) is 3.62. The Morgan fingerprint density at radius 3 is 2.66 bits per heavy atom. The Labute approximate surface area is 188 Å². The van der Waals surface area contributed by atoms with E-state index in [1.165, 1.54) is 11.3 Å². The van der Waals surface area contributed by atoms with E-state index in [0.29, 0.717) is 29.0 Å². The number of nitrogens with two attached hydrogens (primary N) is 1. The molecule has 0 bridgehead atoms. The van der Waals surface area contributed by atoms with Crippen molar-refractivity contribution in [1.29, 1.82) is 0 Å². The van der Waals surface area contributed by atoms with Gasteiger partial charge in [-0.1, -0.05) is 25.7 Å². The average molecular weight is 467 g/mol. The quantitative estimate of drug-likeness (QED) is 0.288. The van der Waals surface area contributed by atoms with E-state index in [4.69, 9.17) is 10.8 Å². The number of amides is 2. The molecule has 0 spiro atoms. The number of rotatable bonds is 10. The molecule has 1 aliphatic carbocycles. The molecule has 2 aromatic rings. The molecule has 0 unspecified atom stereocenters. The van der Waals surface area contributed by atoms with E-state index in [2.05, 4.69) is 36.4 Å². The maximum absolute atomic E-state index is 14.9. The van der Waals surface area contributed by atoms with Crippen LogP contribution in [0.5, 0.6) is 0 Å². The number of carbonyl (C=O) groups is 2. The minimum absolute atomic E-state index is 0.0196. The van der Waals surface area contributed by atoms with E-state index < -0.39 is 23.7 Å². The molecule has 32 heavy (non-hydrogen) atoms. The zero-order valence-electron chi connectivity index (χ0n) is 17.7. The summed E-state index contributed by atoms with van der Waals surface area (Å²) < 4.78 is 14.9. The van der Waals surface area contributed by atoms with Gasteiger partial charge in [0.25, 0.3) is 0 Å². The lowest BCUT2D eigenvalue weighted by molar-refractivity contribution is -0.124. The highest BCUT2D eigenvalue weighted by atomic mass is 32.1. The van der Waals surface area contributed by atoms with Crippen molar-refractivity contribution in [3.05, 3.63) is 22.7 Å². The molecule has 7 N–H and O–H groups in total. The van der Waals surface area contributed by atoms with Gasteiger partial charge in [-0.25, -0.2) is 19.7 Å². The molecule has 0 aliphatic heterocycles. The number of aromatic nitrogens is 3. The van der Waals surface area contributed by atoms with Gasteiger partial charge in [0.1, 0.15) is 5.82 Å². The molecule has 11 nitrogen and oxygen atoms in total. The topological polar surface area (TPSA) is 167 Å². The van der Waals surface area contributed by atoms with Crippen molar-refractivity contribution in [1.82, 2.24) is 25.7 Å². The molecule has 1 fully saturated rings. The number of anilines is 3. The molecule has 1 aliphatic rings. The molecule has 2 aromatic heterocycles. The first-order valence-corrected chi connectivity index (χ1v) is 11.2. The number of hydrogen-bond donors (Lipinski definition) is 6. The van der Waals surface area contributed by atoms with E-state index in [1.807, 2.05) is 0 Å². The lowest BCUT2D eigenvalue weighted by Crippen LogP contribution is -2.42. The SMILES string of the molecule is Cc1nc(NCc2csc(N)n2)c(F)c(NNC(=O)[C@@H](CNC(=O)O)CC2CCCC2)n1. The van der Waals surface area contributed by atoms with Crippen molar-refractivity contribution in [2.24, 2.45) is 11.8 Å². The monoisotopic (exact) mass is 466 g/mol. The Hall–Kier alpha value is -3.22. The third-order valence-corrected chi connectivity index (χ3v) is 5.96. The maximum Gasteiger partial charge on any atom is 0.404 e. The van der Waals surface area contributed by atoms with E-state index in [-0.39, 0.29) is 24.7 Å². The van der Waals surface area contributed by atoms with Gasteiger partial charge < -0.3 is 21.5 Å². The predicted octanol–water partition coefficient (Wildman–Crippen LogP) is 2.48. The van der Waals surface area contributed by atoms with Gasteiger partial charge in [-0.15, -0.1) is 11.3 Å². The fraction of sp³-hybridized carbons (Fsp3) is 0.526. The van der Waals surface area contributed by atoms with Crippen molar-refractivity contribution in [3.63, 3.8) is 0 Å². The third kappa shape index (κ3) is 6.64. The summed E-state index contributed by atoms with van der Waals surface area (Å²) >= 11 is 1.28. The van der Waals surface area contributed by atoms with Crippen molar-refractivity contribution >= 4 is 40.1 Å². The summed E-state index contributed by atoms with van der Waals surface area (Å²) in [5.41, 5.74) is 11.2. The zero-order valence-corrected chi connectivity index (χ0v) is 18.5. The largest absolute Gasteiger partial charge is 0.465 e. The third-order valence-electron chi connectivity index (χ3n) is 5.24. The number of carbonyl (C=O) groups excluding carboxylic acids is 1. The van der Waals surface area contributed by atoms with Crippen molar-refractivity contribution in [2.75, 3.05) is 23.0 Å². The number of nitrogen functional groups attached to an aromatic ring is 1. The molecular formula is C19H27FN8O3S. The number of carboxylic acid groups (broad SMARTS) is 1. The van der Waals surface area contributed by atoms with Crippen LogP contribution >= 0.6 is 11.3 Å². The van der Waals surface area contributed by atoms with Crippen molar-refractivity contribution in [2.45, 2.75) is 45.6 Å². The van der Waals surface area contributed by atoms with E-state index in [1.54, 1.807) is 12.3 Å². The number of halogens is 1. The van der Waals surface area contributed by atoms with E-state index >= 15 is 0 Å². The van der Waals surface area contributed by atoms with Gasteiger partial charge in [0.2, 0.25) is 11.7 Å². The highest BCUT2D eigenvalue weighted by molar-refractivity contribution is 7.13. The Morgan fingerprint density at radius 1 is 1.28 bits per heavy atom. The van der Waals surface area contributed by atoms with Gasteiger partial charge in [0, 0.05) is 11.9 Å². The molecule has 0 aromatic carbocycles. The predicted molar refractivity (Wildman–Crippen MR) is 118 cm³/mol. The molecule has 174 valence electrons. The minimum Gasteiger partial charge on any atom is -0.465 e. The first-order valence-electron chi connectivity index (χ1n) is 10.3. The molecule has 13 heteroatoms. The lowest BCUT2D eigenvalue weighted by Gasteiger charge is -2.20. The molecule has 1 saturated carbocycles. The summed E-state index contributed by atoms with van der Waals surface area (Å²) in [6.45, 7) is 1.80. The smallest absolute Gasteiger partial charge is 0.404 e. The summed E-state index contributed by atoms with van der Waals surface area (Å²) in [5.74, 6) is -1.37. The van der Waals surface area contributed by atoms with Crippen LogP contribution in [-0.2, 0) is 11.3 Å². The number of aryl methyl sites for hydroxylation is 1. The standard InChI is InChI=1S/C19H27FN8O3S/c1-10-24-15(22-8-13-9-32-18(21)26-13)14(20)16(25-10)27-28-17(29)12(7-23-19(30)31)6-11-4-2-3-5-11/h9,11-12,23H,2-8H2,1H3,(H2,21,26)(H,28,29)(H,30,31)(H2,22,24,25,27)/t12-/m1/s1. The lowest BCUT2D eigenvalue weighted by atomic mass is 9.92. The molecule has 2 heterocycles. The van der Waals surface area contributed by atoms with Gasteiger partial charge in [-0.3, -0.25) is 15.6 Å². The van der Waals surface area contributed by atoms with Crippen LogP contribution in [0.25, 0.3) is 0 Å². The number of hydrazine groups is 1. The Bertz CT molecular complexity index is 951. The van der Waals surface area contributed by atoms with Crippen LogP contribution in [0.4, 0.5) is 26.0 Å². The number of nitrogens with zero attached hydrogens (tertiary/aromatic N) is 3. The molecule has 1 atom stereocenters. The van der Waals surface area contributed by atoms with Gasteiger partial charge in [-0.05, 0) is 19.3 Å². The first kappa shape index (κ1) is 23.4. The number of nitrogens with one attached hydrogen (secondary N) is 4. The van der Waals surface area contributed by atoms with Gasteiger partial charge in [-0.2, -0.15) is 4.39 Å². The molecular weight excluding hydrogens is 439 g/mol. The van der Waals surface area contributed by atoms with Crippen molar-refractivity contribution < 1.29 is 19.1 Å². The maximum atomic E-state index is 14.9. The van der Waals surface area contributed by atoms with Crippen LogP contribution < -0.4 is 27.2 Å². The van der Waals surface area contributed by atoms with Crippen LogP contribution in [0, 0.1) is 24.6 Å². The normalized spacial score (nSPS) is 14.7. The second-order valence-electron chi connectivity index (χ2n) is 7.70. The van der Waals surface area contributed by atoms with Crippen LogP contribution in [0.1, 0.15) is 43.6 Å². The highest BCUT2D eigenvalue weighted by Crippen LogP contribution is 2.30. The molecule has 2 amide bonds. The molecule has 0 saturated heterocycles. The van der Waals surface area contributed by atoms with Crippen LogP contribution in [0.15, 0.2) is 5.38 Å². The molecule has 0 radical (unpaired) electrons. The van der Waals surface area contributed by atoms with Gasteiger partial charge >= 0.3 is 6.09 Å². The summed E-state index contributed by atoms with van der Waals surface area (Å²) in [7, 11) is 0. The van der Waals surface area contributed by atoms with Crippen LogP contribution in [0.2, 0.25) is 0 Å². The fourth-order valence-electron chi connectivity index (χ4n) is 3.70. The van der Waals surface area contributed by atoms with Gasteiger partial charge in [0.15, 0.2) is 16.8 Å². The molecule has 3 rings (SSSR count). The Kier molecular flexibility index (Phi) is 7.98. The fourth-order valence-corrected chi connectivity index (χ4v) is 4.26.